The minimum atomic E-state index is 0.321. The van der Waals surface area contributed by atoms with Crippen molar-refractivity contribution in [2.45, 2.75) is 33.7 Å². The number of ether oxygens (including phenoxy) is 1. The van der Waals surface area contributed by atoms with Crippen LogP contribution in [0.4, 0.5) is 0 Å². The van der Waals surface area contributed by atoms with Crippen LogP contribution in [0.15, 0.2) is 5.38 Å². The number of rotatable bonds is 7. The van der Waals surface area contributed by atoms with E-state index in [0.717, 1.165) is 30.5 Å². The average Bonchev–Trinajstić information content (AvgIpc) is 2.63. The highest BCUT2D eigenvalue weighted by molar-refractivity contribution is 7.09. The molecule has 1 atom stereocenters. The SMILES string of the molecule is Cc1csc(C(C)NCCOCC(C)C)n1. The van der Waals surface area contributed by atoms with E-state index in [4.69, 9.17) is 4.74 Å². The van der Waals surface area contributed by atoms with Gasteiger partial charge < -0.3 is 10.1 Å². The fourth-order valence-corrected chi connectivity index (χ4v) is 2.15. The zero-order valence-corrected chi connectivity index (χ0v) is 11.4. The normalized spacial score (nSPS) is 13.3. The predicted molar refractivity (Wildman–Crippen MR) is 68.9 cm³/mol. The fourth-order valence-electron chi connectivity index (χ4n) is 1.33. The summed E-state index contributed by atoms with van der Waals surface area (Å²) in [5.74, 6) is 0.610. The quantitative estimate of drug-likeness (QED) is 0.747. The first-order valence-electron chi connectivity index (χ1n) is 5.82. The molecule has 0 aliphatic rings. The third kappa shape index (κ3) is 5.05. The molecule has 1 unspecified atom stereocenters. The summed E-state index contributed by atoms with van der Waals surface area (Å²) in [4.78, 5) is 4.45. The van der Waals surface area contributed by atoms with E-state index >= 15 is 0 Å². The first-order valence-corrected chi connectivity index (χ1v) is 6.70. The van der Waals surface area contributed by atoms with Crippen LogP contribution < -0.4 is 5.32 Å². The Kier molecular flexibility index (Phi) is 5.95. The lowest BCUT2D eigenvalue weighted by molar-refractivity contribution is 0.110. The first kappa shape index (κ1) is 13.6. The Morgan fingerprint density at radius 3 is 2.75 bits per heavy atom. The minimum absolute atomic E-state index is 0.321. The molecule has 0 aliphatic heterocycles. The van der Waals surface area contributed by atoms with Crippen LogP contribution in [0.5, 0.6) is 0 Å². The molecule has 0 fully saturated rings. The summed E-state index contributed by atoms with van der Waals surface area (Å²) in [6.45, 7) is 11.0. The van der Waals surface area contributed by atoms with Gasteiger partial charge in [0.15, 0.2) is 0 Å². The number of thiazole rings is 1. The molecule has 1 aromatic heterocycles. The Morgan fingerprint density at radius 2 is 2.19 bits per heavy atom. The van der Waals surface area contributed by atoms with Crippen LogP contribution in [-0.2, 0) is 4.74 Å². The minimum Gasteiger partial charge on any atom is -0.380 e. The summed E-state index contributed by atoms with van der Waals surface area (Å²) in [6, 6.07) is 0.321. The second-order valence-electron chi connectivity index (χ2n) is 4.47. The zero-order chi connectivity index (χ0) is 12.0. The summed E-state index contributed by atoms with van der Waals surface area (Å²) in [7, 11) is 0. The van der Waals surface area contributed by atoms with Crippen LogP contribution in [0.25, 0.3) is 0 Å². The van der Waals surface area contributed by atoms with Gasteiger partial charge in [-0.15, -0.1) is 11.3 Å². The van der Waals surface area contributed by atoms with Gasteiger partial charge in [-0.1, -0.05) is 13.8 Å². The van der Waals surface area contributed by atoms with Gasteiger partial charge in [0.25, 0.3) is 0 Å². The Bertz CT molecular complexity index is 299. The van der Waals surface area contributed by atoms with Crippen molar-refractivity contribution in [1.29, 1.82) is 0 Å². The second-order valence-corrected chi connectivity index (χ2v) is 5.36. The Balaban J connectivity index is 2.13. The van der Waals surface area contributed by atoms with Gasteiger partial charge in [0.2, 0.25) is 0 Å². The summed E-state index contributed by atoms with van der Waals surface area (Å²) >= 11 is 1.71. The summed E-state index contributed by atoms with van der Waals surface area (Å²) in [6.07, 6.45) is 0. The molecule has 1 N–H and O–H groups in total. The maximum absolute atomic E-state index is 5.51. The van der Waals surface area contributed by atoms with Crippen molar-refractivity contribution in [3.05, 3.63) is 16.1 Å². The third-order valence-corrected chi connectivity index (χ3v) is 3.30. The molecule has 0 bridgehead atoms. The van der Waals surface area contributed by atoms with E-state index in [1.165, 1.54) is 0 Å². The maximum atomic E-state index is 5.51. The number of hydrogen-bond acceptors (Lipinski definition) is 4. The molecule has 16 heavy (non-hydrogen) atoms. The van der Waals surface area contributed by atoms with Crippen molar-refractivity contribution in [2.75, 3.05) is 19.8 Å². The molecule has 0 aromatic carbocycles. The highest BCUT2D eigenvalue weighted by Gasteiger charge is 2.07. The molecule has 1 rings (SSSR count). The van der Waals surface area contributed by atoms with E-state index in [1.807, 2.05) is 6.92 Å². The van der Waals surface area contributed by atoms with E-state index < -0.39 is 0 Å². The molecule has 3 nitrogen and oxygen atoms in total. The average molecular weight is 242 g/mol. The van der Waals surface area contributed by atoms with E-state index in [-0.39, 0.29) is 0 Å². The Labute approximate surface area is 102 Å². The number of aromatic nitrogens is 1. The molecule has 0 amide bonds. The van der Waals surface area contributed by atoms with Crippen LogP contribution in [0.2, 0.25) is 0 Å². The number of hydrogen-bond donors (Lipinski definition) is 1. The van der Waals surface area contributed by atoms with Gasteiger partial charge in [-0.05, 0) is 19.8 Å². The summed E-state index contributed by atoms with van der Waals surface area (Å²) in [5, 5.41) is 6.65. The van der Waals surface area contributed by atoms with Crippen molar-refractivity contribution < 1.29 is 4.74 Å². The Morgan fingerprint density at radius 1 is 1.44 bits per heavy atom. The molecule has 0 saturated heterocycles. The third-order valence-electron chi connectivity index (χ3n) is 2.16. The van der Waals surface area contributed by atoms with Gasteiger partial charge >= 0.3 is 0 Å². The van der Waals surface area contributed by atoms with Crippen molar-refractivity contribution in [1.82, 2.24) is 10.3 Å². The largest absolute Gasteiger partial charge is 0.380 e. The van der Waals surface area contributed by atoms with Crippen LogP contribution in [-0.4, -0.2) is 24.7 Å². The molecule has 0 spiro atoms. The Hall–Kier alpha value is -0.450. The molecule has 4 heteroatoms. The van der Waals surface area contributed by atoms with Gasteiger partial charge in [-0.25, -0.2) is 4.98 Å². The van der Waals surface area contributed by atoms with Crippen molar-refractivity contribution in [2.24, 2.45) is 5.92 Å². The molecular formula is C12H22N2OS. The van der Waals surface area contributed by atoms with Crippen molar-refractivity contribution in [3.63, 3.8) is 0 Å². The molecular weight excluding hydrogens is 220 g/mol. The smallest absolute Gasteiger partial charge is 0.110 e. The van der Waals surface area contributed by atoms with Crippen molar-refractivity contribution in [3.8, 4) is 0 Å². The van der Waals surface area contributed by atoms with E-state index in [0.29, 0.717) is 12.0 Å². The molecule has 92 valence electrons. The van der Waals surface area contributed by atoms with Crippen LogP contribution in [0.1, 0.15) is 37.5 Å². The van der Waals surface area contributed by atoms with Gasteiger partial charge in [0.1, 0.15) is 5.01 Å². The summed E-state index contributed by atoms with van der Waals surface area (Å²) in [5.41, 5.74) is 1.10. The van der Waals surface area contributed by atoms with E-state index in [1.54, 1.807) is 11.3 Å². The zero-order valence-electron chi connectivity index (χ0n) is 10.6. The molecule has 0 saturated carbocycles. The number of aryl methyl sites for hydroxylation is 1. The maximum Gasteiger partial charge on any atom is 0.110 e. The van der Waals surface area contributed by atoms with Crippen molar-refractivity contribution >= 4 is 11.3 Å². The topological polar surface area (TPSA) is 34.1 Å². The van der Waals surface area contributed by atoms with Gasteiger partial charge in [-0.2, -0.15) is 0 Å². The lowest BCUT2D eigenvalue weighted by atomic mass is 10.2. The molecule has 0 radical (unpaired) electrons. The highest BCUT2D eigenvalue weighted by Crippen LogP contribution is 2.16. The molecule has 1 heterocycles. The summed E-state index contributed by atoms with van der Waals surface area (Å²) < 4.78 is 5.51. The fraction of sp³-hybridized carbons (Fsp3) is 0.750. The highest BCUT2D eigenvalue weighted by atomic mass is 32.1. The number of nitrogens with one attached hydrogen (secondary N) is 1. The number of nitrogens with zero attached hydrogens (tertiary/aromatic N) is 1. The molecule has 0 aliphatic carbocycles. The van der Waals surface area contributed by atoms with E-state index in [2.05, 4.69) is 36.5 Å². The lowest BCUT2D eigenvalue weighted by Gasteiger charge is -2.12. The van der Waals surface area contributed by atoms with Crippen LogP contribution >= 0.6 is 11.3 Å². The second kappa shape index (κ2) is 6.99. The van der Waals surface area contributed by atoms with Gasteiger partial charge in [0.05, 0.1) is 12.6 Å². The van der Waals surface area contributed by atoms with Crippen LogP contribution in [0.3, 0.4) is 0 Å². The first-order chi connectivity index (χ1) is 7.59. The molecule has 1 aromatic rings. The van der Waals surface area contributed by atoms with Gasteiger partial charge in [-0.3, -0.25) is 0 Å². The standard InChI is InChI=1S/C12H22N2OS/c1-9(2)7-15-6-5-13-11(4)12-14-10(3)8-16-12/h8-9,11,13H,5-7H2,1-4H3. The lowest BCUT2D eigenvalue weighted by Crippen LogP contribution is -2.23. The predicted octanol–water partition coefficient (Wildman–Crippen LogP) is 2.77. The van der Waals surface area contributed by atoms with Gasteiger partial charge in [0, 0.05) is 24.2 Å². The van der Waals surface area contributed by atoms with Crippen LogP contribution in [0, 0.1) is 12.8 Å². The van der Waals surface area contributed by atoms with E-state index in [9.17, 15) is 0 Å². The monoisotopic (exact) mass is 242 g/mol.